The Morgan fingerprint density at radius 1 is 1.31 bits per heavy atom. The fourth-order valence-electron chi connectivity index (χ4n) is 1.14. The molecule has 0 aromatic heterocycles. The van der Waals surface area contributed by atoms with Crippen molar-refractivity contribution < 1.29 is 14.3 Å². The molecule has 0 saturated heterocycles. The number of rotatable bonds is 4. The largest absolute Gasteiger partial charge is 0.497 e. The molecule has 1 aromatic carbocycles. The van der Waals surface area contributed by atoms with Crippen LogP contribution in [0.3, 0.4) is 0 Å². The van der Waals surface area contributed by atoms with E-state index in [0.717, 1.165) is 0 Å². The Bertz CT molecular complexity index is 413. The highest BCUT2D eigenvalue weighted by Crippen LogP contribution is 2.28. The second-order valence-electron chi connectivity index (χ2n) is 3.30. The zero-order valence-corrected chi connectivity index (χ0v) is 9.66. The van der Waals surface area contributed by atoms with Gasteiger partial charge in [0, 0.05) is 11.6 Å². The number of amides is 1. The van der Waals surface area contributed by atoms with Crippen LogP contribution >= 0.6 is 0 Å². The molecule has 1 N–H and O–H groups in total. The number of ether oxygens (including phenoxy) is 2. The molecule has 0 saturated carbocycles. The van der Waals surface area contributed by atoms with E-state index in [1.165, 1.54) is 7.11 Å². The molecule has 86 valence electrons. The molecule has 0 aliphatic carbocycles. The number of benzene rings is 1. The van der Waals surface area contributed by atoms with E-state index in [2.05, 4.69) is 11.9 Å². The zero-order chi connectivity index (χ0) is 12.1. The van der Waals surface area contributed by atoms with E-state index >= 15 is 0 Å². The van der Waals surface area contributed by atoms with Crippen molar-refractivity contribution in [2.75, 3.05) is 19.5 Å². The van der Waals surface area contributed by atoms with E-state index < -0.39 is 0 Å². The van der Waals surface area contributed by atoms with Crippen molar-refractivity contribution in [3.05, 3.63) is 30.4 Å². The summed E-state index contributed by atoms with van der Waals surface area (Å²) in [5.41, 5.74) is 1.000. The lowest BCUT2D eigenvalue weighted by Crippen LogP contribution is -2.12. The van der Waals surface area contributed by atoms with E-state index in [0.29, 0.717) is 22.8 Å². The fourth-order valence-corrected chi connectivity index (χ4v) is 1.14. The first-order valence-corrected chi connectivity index (χ1v) is 4.77. The fraction of sp³-hybridized carbons (Fsp3) is 0.250. The van der Waals surface area contributed by atoms with Gasteiger partial charge in [0.05, 0.1) is 19.9 Å². The van der Waals surface area contributed by atoms with Crippen molar-refractivity contribution in [1.82, 2.24) is 0 Å². The summed E-state index contributed by atoms with van der Waals surface area (Å²) in [7, 11) is 3.10. The Labute approximate surface area is 94.9 Å². The van der Waals surface area contributed by atoms with Crippen molar-refractivity contribution in [1.29, 1.82) is 0 Å². The summed E-state index contributed by atoms with van der Waals surface area (Å²) >= 11 is 0. The molecular formula is C12H15NO3. The highest BCUT2D eigenvalue weighted by Gasteiger charge is 2.09. The molecule has 0 fully saturated rings. The molecule has 1 rings (SSSR count). The third kappa shape index (κ3) is 2.76. The first-order valence-electron chi connectivity index (χ1n) is 4.77. The molecule has 1 aromatic rings. The van der Waals surface area contributed by atoms with Crippen LogP contribution in [-0.4, -0.2) is 20.1 Å². The maximum Gasteiger partial charge on any atom is 0.250 e. The number of carbonyl (C=O) groups is 1. The van der Waals surface area contributed by atoms with E-state index in [4.69, 9.17) is 9.47 Å². The van der Waals surface area contributed by atoms with Crippen LogP contribution in [0.5, 0.6) is 11.5 Å². The van der Waals surface area contributed by atoms with Crippen LogP contribution in [0, 0.1) is 0 Å². The van der Waals surface area contributed by atoms with E-state index in [1.54, 1.807) is 32.2 Å². The van der Waals surface area contributed by atoms with E-state index in [-0.39, 0.29) is 5.91 Å². The van der Waals surface area contributed by atoms with Gasteiger partial charge in [-0.3, -0.25) is 4.79 Å². The second-order valence-corrected chi connectivity index (χ2v) is 3.30. The van der Waals surface area contributed by atoms with Gasteiger partial charge in [0.2, 0.25) is 0 Å². The van der Waals surface area contributed by atoms with Crippen LogP contribution in [0.1, 0.15) is 6.92 Å². The van der Waals surface area contributed by atoms with Gasteiger partial charge in [-0.05, 0) is 19.1 Å². The third-order valence-corrected chi connectivity index (χ3v) is 2.04. The van der Waals surface area contributed by atoms with Gasteiger partial charge in [-0.2, -0.15) is 0 Å². The summed E-state index contributed by atoms with van der Waals surface area (Å²) in [6, 6.07) is 5.18. The molecule has 16 heavy (non-hydrogen) atoms. The number of anilines is 1. The van der Waals surface area contributed by atoms with E-state index in [9.17, 15) is 4.79 Å². The van der Waals surface area contributed by atoms with Crippen molar-refractivity contribution in [2.45, 2.75) is 6.92 Å². The number of carbonyl (C=O) groups excluding carboxylic acids is 1. The first-order chi connectivity index (χ1) is 7.58. The molecule has 0 heterocycles. The van der Waals surface area contributed by atoms with Crippen molar-refractivity contribution in [2.24, 2.45) is 0 Å². The summed E-state index contributed by atoms with van der Waals surface area (Å²) < 4.78 is 10.2. The molecule has 1 amide bonds. The van der Waals surface area contributed by atoms with Gasteiger partial charge in [0.15, 0.2) is 0 Å². The molecule has 4 nitrogen and oxygen atoms in total. The van der Waals surface area contributed by atoms with Crippen LogP contribution < -0.4 is 14.8 Å². The van der Waals surface area contributed by atoms with Gasteiger partial charge in [-0.1, -0.05) is 6.58 Å². The smallest absolute Gasteiger partial charge is 0.250 e. The molecule has 0 spiro atoms. The number of methoxy groups -OCH3 is 2. The lowest BCUT2D eigenvalue weighted by atomic mass is 10.2. The van der Waals surface area contributed by atoms with Crippen LogP contribution in [0.15, 0.2) is 30.4 Å². The molecule has 0 bridgehead atoms. The predicted molar refractivity (Wildman–Crippen MR) is 63.0 cm³/mol. The van der Waals surface area contributed by atoms with Crippen LogP contribution in [0.4, 0.5) is 5.69 Å². The lowest BCUT2D eigenvalue weighted by Gasteiger charge is -2.11. The maximum atomic E-state index is 11.5. The average molecular weight is 221 g/mol. The van der Waals surface area contributed by atoms with Gasteiger partial charge in [-0.15, -0.1) is 0 Å². The third-order valence-electron chi connectivity index (χ3n) is 2.04. The van der Waals surface area contributed by atoms with Crippen LogP contribution in [-0.2, 0) is 4.79 Å². The Morgan fingerprint density at radius 3 is 2.50 bits per heavy atom. The maximum absolute atomic E-state index is 11.5. The van der Waals surface area contributed by atoms with Crippen molar-refractivity contribution in [3.8, 4) is 11.5 Å². The predicted octanol–water partition coefficient (Wildman–Crippen LogP) is 2.22. The van der Waals surface area contributed by atoms with Crippen molar-refractivity contribution in [3.63, 3.8) is 0 Å². The molecule has 0 aliphatic rings. The van der Waals surface area contributed by atoms with Crippen LogP contribution in [0.25, 0.3) is 0 Å². The Morgan fingerprint density at radius 2 is 2.00 bits per heavy atom. The SMILES string of the molecule is C=C(C)C(=O)Nc1cc(OC)ccc1OC. The molecule has 0 radical (unpaired) electrons. The quantitative estimate of drug-likeness (QED) is 0.793. The van der Waals surface area contributed by atoms with Gasteiger partial charge in [-0.25, -0.2) is 0 Å². The Balaban J connectivity index is 3.00. The number of hydrogen-bond donors (Lipinski definition) is 1. The minimum atomic E-state index is -0.244. The van der Waals surface area contributed by atoms with Crippen LogP contribution in [0.2, 0.25) is 0 Å². The minimum Gasteiger partial charge on any atom is -0.497 e. The van der Waals surface area contributed by atoms with Crippen molar-refractivity contribution >= 4 is 11.6 Å². The molecule has 0 aliphatic heterocycles. The highest BCUT2D eigenvalue weighted by molar-refractivity contribution is 6.03. The molecule has 4 heteroatoms. The molecule has 0 unspecified atom stereocenters. The van der Waals surface area contributed by atoms with Gasteiger partial charge in [0.25, 0.3) is 5.91 Å². The van der Waals surface area contributed by atoms with Gasteiger partial charge < -0.3 is 14.8 Å². The van der Waals surface area contributed by atoms with E-state index in [1.807, 2.05) is 0 Å². The summed E-state index contributed by atoms with van der Waals surface area (Å²) in [5.74, 6) is 0.986. The Hall–Kier alpha value is -1.97. The monoisotopic (exact) mass is 221 g/mol. The second kappa shape index (κ2) is 5.21. The number of hydrogen-bond acceptors (Lipinski definition) is 3. The zero-order valence-electron chi connectivity index (χ0n) is 9.66. The summed E-state index contributed by atoms with van der Waals surface area (Å²) in [6.45, 7) is 5.21. The highest BCUT2D eigenvalue weighted by atomic mass is 16.5. The summed E-state index contributed by atoms with van der Waals surface area (Å²) in [4.78, 5) is 11.5. The topological polar surface area (TPSA) is 47.6 Å². The lowest BCUT2D eigenvalue weighted by molar-refractivity contribution is -0.112. The standard InChI is InChI=1S/C12H15NO3/c1-8(2)12(14)13-10-7-9(15-3)5-6-11(10)16-4/h5-7H,1H2,2-4H3,(H,13,14). The average Bonchev–Trinajstić information content (AvgIpc) is 2.28. The Kier molecular flexibility index (Phi) is 3.94. The molecule has 0 atom stereocenters. The van der Waals surface area contributed by atoms with Gasteiger partial charge in [0.1, 0.15) is 11.5 Å². The minimum absolute atomic E-state index is 0.244. The normalized spacial score (nSPS) is 9.44. The number of nitrogens with one attached hydrogen (secondary N) is 1. The van der Waals surface area contributed by atoms with Gasteiger partial charge >= 0.3 is 0 Å². The summed E-state index contributed by atoms with van der Waals surface area (Å²) in [5, 5.41) is 2.69. The molecular weight excluding hydrogens is 206 g/mol. The summed E-state index contributed by atoms with van der Waals surface area (Å²) in [6.07, 6.45) is 0. The first kappa shape index (κ1) is 12.1.